The zero-order chi connectivity index (χ0) is 19.7. The lowest BCUT2D eigenvalue weighted by Gasteiger charge is -2.11. The van der Waals surface area contributed by atoms with Crippen molar-refractivity contribution in [3.63, 3.8) is 0 Å². The first kappa shape index (κ1) is 21.5. The van der Waals surface area contributed by atoms with E-state index in [2.05, 4.69) is 24.7 Å². The minimum absolute atomic E-state index is 0.0215. The van der Waals surface area contributed by atoms with Gasteiger partial charge in [-0.2, -0.15) is 4.37 Å². The van der Waals surface area contributed by atoms with Gasteiger partial charge in [-0.25, -0.2) is 22.2 Å². The van der Waals surface area contributed by atoms with Gasteiger partial charge >= 0.3 is 0 Å². The summed E-state index contributed by atoms with van der Waals surface area (Å²) < 4.78 is 58.5. The Morgan fingerprint density at radius 1 is 1.04 bits per heavy atom. The molecule has 1 aromatic carbocycles. The Morgan fingerprint density at radius 2 is 1.74 bits per heavy atom. The van der Waals surface area contributed by atoms with Crippen LogP contribution in [0.25, 0.3) is 0 Å². The number of nitrogens with one attached hydrogen (secondary N) is 3. The van der Waals surface area contributed by atoms with E-state index in [-0.39, 0.29) is 10.8 Å². The van der Waals surface area contributed by atoms with Crippen LogP contribution in [0.1, 0.15) is 32.1 Å². The van der Waals surface area contributed by atoms with Crippen LogP contribution in [0.5, 0.6) is 0 Å². The molecule has 0 bridgehead atoms. The molecule has 27 heavy (non-hydrogen) atoms. The number of aromatic nitrogens is 2. The lowest BCUT2D eigenvalue weighted by atomic mass is 10.1. The van der Waals surface area contributed by atoms with Crippen molar-refractivity contribution in [2.75, 3.05) is 30.2 Å². The molecule has 0 aliphatic rings. The van der Waals surface area contributed by atoms with E-state index in [9.17, 15) is 17.2 Å². The molecule has 0 aliphatic carbocycles. The third kappa shape index (κ3) is 6.67. The highest BCUT2D eigenvalue weighted by atomic mass is 32.2. The van der Waals surface area contributed by atoms with Gasteiger partial charge in [0.15, 0.2) is 0 Å². The average molecular weight is 420 g/mol. The fourth-order valence-electron chi connectivity index (χ4n) is 2.44. The van der Waals surface area contributed by atoms with Crippen LogP contribution < -0.4 is 15.4 Å². The topological polar surface area (TPSA) is 96.0 Å². The number of nitrogens with zero attached hydrogens (tertiary/aromatic N) is 2. The van der Waals surface area contributed by atoms with Gasteiger partial charge in [0, 0.05) is 24.1 Å². The first-order valence-electron chi connectivity index (χ1n) is 8.61. The van der Waals surface area contributed by atoms with E-state index in [0.717, 1.165) is 62.6 Å². The molecule has 0 fully saturated rings. The van der Waals surface area contributed by atoms with Gasteiger partial charge in [-0.15, -0.1) is 0 Å². The van der Waals surface area contributed by atoms with Crippen LogP contribution in [0, 0.1) is 11.6 Å². The molecule has 150 valence electrons. The van der Waals surface area contributed by atoms with Crippen LogP contribution in [-0.2, 0) is 10.0 Å². The Labute approximate surface area is 161 Å². The molecule has 0 atom stereocenters. The number of halogens is 2. The molecule has 0 saturated heterocycles. The van der Waals surface area contributed by atoms with E-state index in [1.807, 2.05) is 7.05 Å². The molecule has 0 spiro atoms. The van der Waals surface area contributed by atoms with Gasteiger partial charge in [0.25, 0.3) is 10.0 Å². The van der Waals surface area contributed by atoms with Gasteiger partial charge in [0.05, 0.1) is 5.69 Å². The van der Waals surface area contributed by atoms with Crippen molar-refractivity contribution in [2.24, 2.45) is 0 Å². The predicted octanol–water partition coefficient (Wildman–Crippen LogP) is 3.20. The van der Waals surface area contributed by atoms with Gasteiger partial charge in [-0.1, -0.05) is 19.3 Å². The SMILES string of the molecule is CNCCCCCCCNc1cc(F)c(S(=O)(=O)Nc2ncns2)cc1F. The second-order valence-corrected chi connectivity index (χ2v) is 8.34. The minimum atomic E-state index is -4.28. The number of sulfonamides is 1. The van der Waals surface area contributed by atoms with Crippen LogP contribution >= 0.6 is 11.5 Å². The molecular formula is C16H23F2N5O2S2. The number of hydrogen-bond acceptors (Lipinski definition) is 7. The maximum absolute atomic E-state index is 14.2. The van der Waals surface area contributed by atoms with Crippen LogP contribution in [0.2, 0.25) is 0 Å². The number of rotatable bonds is 12. The molecule has 3 N–H and O–H groups in total. The number of hydrogen-bond donors (Lipinski definition) is 3. The van der Waals surface area contributed by atoms with Crippen LogP contribution in [0.4, 0.5) is 19.6 Å². The summed E-state index contributed by atoms with van der Waals surface area (Å²) in [5.74, 6) is -1.87. The highest BCUT2D eigenvalue weighted by Crippen LogP contribution is 2.25. The first-order valence-corrected chi connectivity index (χ1v) is 10.9. The zero-order valence-corrected chi connectivity index (χ0v) is 16.6. The number of benzene rings is 1. The molecule has 2 rings (SSSR count). The Bertz CT molecular complexity index is 816. The van der Waals surface area contributed by atoms with Crippen LogP contribution in [-0.4, -0.2) is 37.9 Å². The summed E-state index contributed by atoms with van der Waals surface area (Å²) in [6.45, 7) is 1.48. The highest BCUT2D eigenvalue weighted by molar-refractivity contribution is 7.93. The standard InChI is InChI=1S/C16H23F2N5O2S2/c1-19-7-5-3-2-4-6-8-20-14-9-13(18)15(10-12(14)17)27(24,25)23-16-21-11-22-26-16/h9-11,19-20H,2-8H2,1H3,(H,21,22,23). The fraction of sp³-hybridized carbons (Fsp3) is 0.500. The second-order valence-electron chi connectivity index (χ2n) is 5.91. The zero-order valence-electron chi connectivity index (χ0n) is 15.0. The first-order chi connectivity index (χ1) is 12.9. The molecule has 7 nitrogen and oxygen atoms in total. The van der Waals surface area contributed by atoms with E-state index in [1.165, 1.54) is 0 Å². The second kappa shape index (κ2) is 10.5. The molecular weight excluding hydrogens is 396 g/mol. The predicted molar refractivity (Wildman–Crippen MR) is 103 cm³/mol. The summed E-state index contributed by atoms with van der Waals surface area (Å²) in [5, 5.41) is 5.88. The molecule has 0 saturated carbocycles. The van der Waals surface area contributed by atoms with E-state index in [0.29, 0.717) is 12.6 Å². The Hall–Kier alpha value is -1.85. The monoisotopic (exact) mass is 419 g/mol. The molecule has 2 aromatic rings. The largest absolute Gasteiger partial charge is 0.383 e. The van der Waals surface area contributed by atoms with Crippen molar-refractivity contribution in [1.82, 2.24) is 14.7 Å². The Balaban J connectivity index is 1.90. The normalized spacial score (nSPS) is 11.5. The molecule has 1 heterocycles. The van der Waals surface area contributed by atoms with E-state index < -0.39 is 26.6 Å². The highest BCUT2D eigenvalue weighted by Gasteiger charge is 2.23. The lowest BCUT2D eigenvalue weighted by Crippen LogP contribution is -2.15. The van der Waals surface area contributed by atoms with Gasteiger partial charge < -0.3 is 10.6 Å². The summed E-state index contributed by atoms with van der Waals surface area (Å²) >= 11 is 0.796. The average Bonchev–Trinajstić information content (AvgIpc) is 3.11. The van der Waals surface area contributed by atoms with Crippen molar-refractivity contribution >= 4 is 32.4 Å². The maximum atomic E-state index is 14.2. The van der Waals surface area contributed by atoms with Crippen molar-refractivity contribution in [2.45, 2.75) is 37.0 Å². The minimum Gasteiger partial charge on any atom is -0.383 e. The third-order valence-corrected chi connectivity index (χ3v) is 5.88. The van der Waals surface area contributed by atoms with Gasteiger partial charge in [-0.3, -0.25) is 4.72 Å². The summed E-state index contributed by atoms with van der Waals surface area (Å²) in [5.41, 5.74) is -0.0578. The quantitative estimate of drug-likeness (QED) is 0.457. The maximum Gasteiger partial charge on any atom is 0.266 e. The van der Waals surface area contributed by atoms with Crippen LogP contribution in [0.3, 0.4) is 0 Å². The van der Waals surface area contributed by atoms with Gasteiger partial charge in [-0.05, 0) is 32.5 Å². The fourth-order valence-corrected chi connectivity index (χ4v) is 4.17. The molecule has 11 heteroatoms. The molecule has 0 amide bonds. The van der Waals surface area contributed by atoms with Crippen molar-refractivity contribution in [1.29, 1.82) is 0 Å². The third-order valence-electron chi connectivity index (χ3n) is 3.81. The van der Waals surface area contributed by atoms with Crippen molar-refractivity contribution in [3.05, 3.63) is 30.1 Å². The van der Waals surface area contributed by atoms with Crippen LogP contribution in [0.15, 0.2) is 23.4 Å². The number of anilines is 2. The summed E-state index contributed by atoms with van der Waals surface area (Å²) in [6.07, 6.45) is 6.28. The molecule has 0 unspecified atom stereocenters. The smallest absolute Gasteiger partial charge is 0.266 e. The number of unbranched alkanes of at least 4 members (excludes halogenated alkanes) is 4. The summed E-state index contributed by atoms with van der Waals surface area (Å²) in [4.78, 5) is 2.89. The van der Waals surface area contributed by atoms with Gasteiger partial charge in [0.1, 0.15) is 22.9 Å². The molecule has 1 aromatic heterocycles. The van der Waals surface area contributed by atoms with Gasteiger partial charge in [0.2, 0.25) is 5.13 Å². The van der Waals surface area contributed by atoms with E-state index >= 15 is 0 Å². The summed E-state index contributed by atoms with van der Waals surface area (Å²) in [6, 6.07) is 1.52. The Kier molecular flexibility index (Phi) is 8.32. The molecule has 0 aliphatic heterocycles. The Morgan fingerprint density at radius 3 is 2.41 bits per heavy atom. The summed E-state index contributed by atoms with van der Waals surface area (Å²) in [7, 11) is -2.37. The lowest BCUT2D eigenvalue weighted by molar-refractivity contribution is 0.556. The van der Waals surface area contributed by atoms with Crippen molar-refractivity contribution in [3.8, 4) is 0 Å². The van der Waals surface area contributed by atoms with Crippen molar-refractivity contribution < 1.29 is 17.2 Å². The van der Waals surface area contributed by atoms with E-state index in [4.69, 9.17) is 0 Å². The molecule has 0 radical (unpaired) electrons. The van der Waals surface area contributed by atoms with E-state index in [1.54, 1.807) is 0 Å².